The second-order valence-electron chi connectivity index (χ2n) is 2.51. The van der Waals surface area contributed by atoms with Gasteiger partial charge in [-0.05, 0) is 0 Å². The minimum Gasteiger partial charge on any atom is -0.550 e. The van der Waals surface area contributed by atoms with Gasteiger partial charge in [-0.25, -0.2) is 0 Å². The summed E-state index contributed by atoms with van der Waals surface area (Å²) < 4.78 is -1.21. The van der Waals surface area contributed by atoms with Crippen LogP contribution in [-0.2, 0) is 9.59 Å². The van der Waals surface area contributed by atoms with E-state index in [-0.39, 0.29) is 59.1 Å². The number of carboxylic acid groups (broad SMARTS) is 2. The minimum atomic E-state index is -1.33. The normalized spacial score (nSPS) is 26.2. The molecule has 1 saturated heterocycles. The first-order valence-corrected chi connectivity index (χ1v) is 4.05. The van der Waals surface area contributed by atoms with Gasteiger partial charge >= 0.3 is 59.1 Å². The van der Waals surface area contributed by atoms with Gasteiger partial charge in [0.1, 0.15) is 0 Å². The molecule has 0 amide bonds. The number of carboxylic acids is 2. The van der Waals surface area contributed by atoms with Gasteiger partial charge in [0.05, 0.1) is 10.7 Å². The van der Waals surface area contributed by atoms with E-state index in [2.05, 4.69) is 0 Å². The molecule has 1 aliphatic rings. The molecular weight excluding hydrogens is 214 g/mol. The van der Waals surface area contributed by atoms with E-state index in [1.54, 1.807) is 0 Å². The maximum absolute atomic E-state index is 10.4. The Morgan fingerprint density at radius 3 is 1.85 bits per heavy atom. The molecule has 0 aromatic heterocycles. The molecule has 1 rings (SSSR count). The molecule has 4 nitrogen and oxygen atoms in total. The molecule has 1 fully saturated rings. The summed E-state index contributed by atoms with van der Waals surface area (Å²) in [5, 5.41) is 20.7. The Balaban J connectivity index is 0. The number of carbonyl (C=O) groups is 2. The van der Waals surface area contributed by atoms with Crippen LogP contribution in [0.1, 0.15) is 6.92 Å². The van der Waals surface area contributed by atoms with E-state index in [0.717, 1.165) is 11.8 Å². The number of rotatable bonds is 3. The van der Waals surface area contributed by atoms with Crippen molar-refractivity contribution < 1.29 is 78.9 Å². The average Bonchev–Trinajstić information content (AvgIpc) is 2.65. The van der Waals surface area contributed by atoms with Gasteiger partial charge in [-0.15, -0.1) is 11.8 Å². The van der Waals surface area contributed by atoms with Crippen molar-refractivity contribution in [3.05, 3.63) is 0 Å². The Labute approximate surface area is 124 Å². The number of thioether (sulfide) groups is 1. The zero-order valence-electron chi connectivity index (χ0n) is 7.83. The van der Waals surface area contributed by atoms with E-state index in [1.807, 2.05) is 0 Å². The van der Waals surface area contributed by atoms with Crippen LogP contribution in [-0.4, -0.2) is 22.4 Å². The van der Waals surface area contributed by atoms with Gasteiger partial charge in [-0.1, -0.05) is 6.92 Å². The summed E-state index contributed by atoms with van der Waals surface area (Å²) in [5.74, 6) is -3.30. The largest absolute Gasteiger partial charge is 1.00 e. The molecule has 0 bridgehead atoms. The molecule has 1 heterocycles. The average molecular weight is 220 g/mol. The maximum Gasteiger partial charge on any atom is 1.00 e. The van der Waals surface area contributed by atoms with Crippen LogP contribution in [0.15, 0.2) is 0 Å². The van der Waals surface area contributed by atoms with Crippen molar-refractivity contribution in [1.29, 1.82) is 0 Å². The van der Waals surface area contributed by atoms with Crippen LogP contribution in [0.3, 0.4) is 0 Å². The zero-order chi connectivity index (χ0) is 8.65. The van der Waals surface area contributed by atoms with Gasteiger partial charge in [0, 0.05) is 17.6 Å². The monoisotopic (exact) mass is 220 g/mol. The van der Waals surface area contributed by atoms with Gasteiger partial charge in [0.2, 0.25) is 0 Å². The Morgan fingerprint density at radius 2 is 1.77 bits per heavy atom. The second-order valence-corrected chi connectivity index (χ2v) is 3.81. The van der Waals surface area contributed by atoms with Crippen molar-refractivity contribution in [3.8, 4) is 0 Å². The van der Waals surface area contributed by atoms with Gasteiger partial charge in [0.25, 0.3) is 0 Å². The van der Waals surface area contributed by atoms with E-state index in [0.29, 0.717) is 5.75 Å². The molecule has 1 aliphatic heterocycles. The molecule has 62 valence electrons. The third-order valence-corrected chi connectivity index (χ3v) is 3.28. The van der Waals surface area contributed by atoms with Gasteiger partial charge in [0.15, 0.2) is 0 Å². The zero-order valence-corrected chi connectivity index (χ0v) is 12.6. The number of hydrogen-bond donors (Lipinski definition) is 0. The van der Waals surface area contributed by atoms with Crippen LogP contribution < -0.4 is 69.3 Å². The predicted molar refractivity (Wildman–Crippen MR) is 34.4 cm³/mol. The van der Waals surface area contributed by atoms with Crippen molar-refractivity contribution >= 4 is 23.7 Å². The molecule has 13 heavy (non-hydrogen) atoms. The van der Waals surface area contributed by atoms with Crippen molar-refractivity contribution in [2.75, 3.05) is 5.75 Å². The molecule has 0 N–H and O–H groups in total. The molecule has 0 spiro atoms. The number of carbonyl (C=O) groups excluding carboxylic acids is 2. The first-order valence-electron chi connectivity index (χ1n) is 3.07. The third-order valence-electron chi connectivity index (χ3n) is 1.85. The Kier molecular flexibility index (Phi) is 7.71. The van der Waals surface area contributed by atoms with E-state index < -0.39 is 22.6 Å². The van der Waals surface area contributed by atoms with Crippen molar-refractivity contribution in [2.45, 2.75) is 11.7 Å². The van der Waals surface area contributed by atoms with Crippen LogP contribution in [0.5, 0.6) is 0 Å². The van der Waals surface area contributed by atoms with Gasteiger partial charge in [-0.3, -0.25) is 0 Å². The fourth-order valence-corrected chi connectivity index (χ4v) is 1.80. The maximum atomic E-state index is 10.4. The first kappa shape index (κ1) is 16.7. The number of aliphatic carboxylic acids is 2. The summed E-state index contributed by atoms with van der Waals surface area (Å²) in [7, 11) is 0. The molecule has 7 heteroatoms. The standard InChI is InChI=1S/C6H8O4S.2Na/c1-3(4(7)8)6(2-11-6)5(9)10;;/h3H,2H2,1H3,(H,7,8)(H,9,10);;/q;2*+1/p-2. The van der Waals surface area contributed by atoms with Crippen molar-refractivity contribution in [1.82, 2.24) is 0 Å². The first-order chi connectivity index (χ1) is 5.00. The molecular formula is C6H6Na2O4S. The fourth-order valence-electron chi connectivity index (χ4n) is 0.813. The van der Waals surface area contributed by atoms with E-state index in [9.17, 15) is 19.8 Å². The molecule has 0 aromatic carbocycles. The van der Waals surface area contributed by atoms with Gasteiger partial charge < -0.3 is 19.8 Å². The summed E-state index contributed by atoms with van der Waals surface area (Å²) in [6.45, 7) is 1.32. The summed E-state index contributed by atoms with van der Waals surface area (Å²) in [5.41, 5.74) is 0. The summed E-state index contributed by atoms with van der Waals surface area (Å²) in [6, 6.07) is 0. The molecule has 0 aromatic rings. The molecule has 2 unspecified atom stereocenters. The Morgan fingerprint density at radius 1 is 1.38 bits per heavy atom. The molecule has 2 atom stereocenters. The molecule has 0 saturated carbocycles. The van der Waals surface area contributed by atoms with Crippen LogP contribution in [0, 0.1) is 5.92 Å². The summed E-state index contributed by atoms with van der Waals surface area (Å²) >= 11 is 1.08. The number of hydrogen-bond acceptors (Lipinski definition) is 5. The van der Waals surface area contributed by atoms with E-state index in [1.165, 1.54) is 6.92 Å². The van der Waals surface area contributed by atoms with Crippen LogP contribution in [0.2, 0.25) is 0 Å². The fraction of sp³-hybridized carbons (Fsp3) is 0.667. The molecule has 0 aliphatic carbocycles. The van der Waals surface area contributed by atoms with E-state index >= 15 is 0 Å². The predicted octanol–water partition coefficient (Wildman–Crippen LogP) is -8.38. The SMILES string of the molecule is CC(C(=O)[O-])C1(C(=O)[O-])CS1.[Na+].[Na+]. The van der Waals surface area contributed by atoms with Crippen molar-refractivity contribution in [3.63, 3.8) is 0 Å². The van der Waals surface area contributed by atoms with Gasteiger partial charge in [-0.2, -0.15) is 0 Å². The van der Waals surface area contributed by atoms with E-state index in [4.69, 9.17) is 0 Å². The summed E-state index contributed by atoms with van der Waals surface area (Å²) in [6.07, 6.45) is 0. The Bertz CT molecular complexity index is 217. The second kappa shape index (κ2) is 6.00. The smallest absolute Gasteiger partial charge is 0.550 e. The summed E-state index contributed by atoms with van der Waals surface area (Å²) in [4.78, 5) is 20.7. The quantitative estimate of drug-likeness (QED) is 0.348. The third kappa shape index (κ3) is 3.41. The minimum absolute atomic E-state index is 0. The van der Waals surface area contributed by atoms with Crippen LogP contribution >= 0.6 is 11.8 Å². The van der Waals surface area contributed by atoms with Crippen molar-refractivity contribution in [2.24, 2.45) is 5.92 Å². The Hall–Kier alpha value is 1.29. The topological polar surface area (TPSA) is 80.3 Å². The molecule has 0 radical (unpaired) electrons. The van der Waals surface area contributed by atoms with Crippen LogP contribution in [0.4, 0.5) is 0 Å². The van der Waals surface area contributed by atoms with Crippen LogP contribution in [0.25, 0.3) is 0 Å².